The van der Waals surface area contributed by atoms with E-state index in [-0.39, 0.29) is 5.95 Å². The summed E-state index contributed by atoms with van der Waals surface area (Å²) in [5.74, 6) is 0.696. The van der Waals surface area contributed by atoms with E-state index in [4.69, 9.17) is 17.3 Å². The summed E-state index contributed by atoms with van der Waals surface area (Å²) in [7, 11) is 0. The third-order valence-electron chi connectivity index (χ3n) is 4.44. The number of hydrogen-bond donors (Lipinski definition) is 2. The number of aromatic nitrogens is 2. The number of benzene rings is 2. The van der Waals surface area contributed by atoms with Crippen LogP contribution in [-0.2, 0) is 6.54 Å². The van der Waals surface area contributed by atoms with Gasteiger partial charge in [-0.25, -0.2) is 4.98 Å². The fourth-order valence-corrected chi connectivity index (χ4v) is 4.57. The van der Waals surface area contributed by atoms with Gasteiger partial charge >= 0.3 is 0 Å². The number of nitrogen functional groups attached to an aromatic ring is 1. The Hall–Kier alpha value is -2.96. The van der Waals surface area contributed by atoms with Crippen molar-refractivity contribution in [2.24, 2.45) is 4.99 Å². The van der Waals surface area contributed by atoms with Crippen LogP contribution in [0.5, 0.6) is 0 Å². The molecule has 3 heterocycles. The molecule has 1 aliphatic rings. The summed E-state index contributed by atoms with van der Waals surface area (Å²) in [5.41, 5.74) is 10.1. The van der Waals surface area contributed by atoms with Gasteiger partial charge in [0.2, 0.25) is 5.95 Å². The van der Waals surface area contributed by atoms with Crippen molar-refractivity contribution >= 4 is 56.7 Å². The molecule has 0 saturated carbocycles. The van der Waals surface area contributed by atoms with Crippen LogP contribution in [0, 0.1) is 0 Å². The van der Waals surface area contributed by atoms with Crippen molar-refractivity contribution in [3.8, 4) is 10.4 Å². The van der Waals surface area contributed by atoms with E-state index in [0.717, 1.165) is 11.3 Å². The van der Waals surface area contributed by atoms with Gasteiger partial charge in [0.1, 0.15) is 11.0 Å². The lowest BCUT2D eigenvalue weighted by Gasteiger charge is -2.12. The first-order valence-corrected chi connectivity index (χ1v) is 9.58. The van der Waals surface area contributed by atoms with E-state index >= 15 is 0 Å². The number of nitrogens with zero attached hydrogens (tertiary/aromatic N) is 3. The Morgan fingerprint density at radius 3 is 2.81 bits per heavy atom. The Labute approximate surface area is 164 Å². The molecule has 0 atom stereocenters. The number of nitrogens with one attached hydrogen (secondary N) is 1. The largest absolute Gasteiger partial charge is 0.368 e. The van der Waals surface area contributed by atoms with Gasteiger partial charge in [0.25, 0.3) is 0 Å². The van der Waals surface area contributed by atoms with Crippen LogP contribution < -0.4 is 11.1 Å². The predicted octanol–water partition coefficient (Wildman–Crippen LogP) is 5.27. The highest BCUT2D eigenvalue weighted by atomic mass is 35.5. The Balaban J connectivity index is 1.61. The lowest BCUT2D eigenvalue weighted by Crippen LogP contribution is -2.01. The predicted molar refractivity (Wildman–Crippen MR) is 113 cm³/mol. The molecule has 0 bridgehead atoms. The Bertz CT molecular complexity index is 1160. The van der Waals surface area contributed by atoms with Crippen molar-refractivity contribution in [1.29, 1.82) is 0 Å². The number of aliphatic imine (C=N–C) groups is 1. The summed E-state index contributed by atoms with van der Waals surface area (Å²) in [6.07, 6.45) is 1.92. The van der Waals surface area contributed by atoms with Gasteiger partial charge in [0.15, 0.2) is 0 Å². The SMILES string of the molecule is Nc1nc(Cl)cc(Nc2cc3c(c(-c4cc5ccccc5s4)c2)CN=C3)n1. The van der Waals surface area contributed by atoms with E-state index in [1.165, 1.54) is 26.1 Å². The smallest absolute Gasteiger partial charge is 0.223 e. The van der Waals surface area contributed by atoms with Gasteiger partial charge in [-0.3, -0.25) is 4.99 Å². The third kappa shape index (κ3) is 3.03. The fraction of sp³-hybridized carbons (Fsp3) is 0.0500. The highest BCUT2D eigenvalue weighted by Gasteiger charge is 2.17. The first kappa shape index (κ1) is 16.2. The summed E-state index contributed by atoms with van der Waals surface area (Å²) < 4.78 is 1.27. The van der Waals surface area contributed by atoms with Gasteiger partial charge in [-0.2, -0.15) is 4.98 Å². The maximum Gasteiger partial charge on any atom is 0.223 e. The zero-order valence-corrected chi connectivity index (χ0v) is 15.7. The number of hydrogen-bond acceptors (Lipinski definition) is 6. The summed E-state index contributed by atoms with van der Waals surface area (Å²) in [6.45, 7) is 0.700. The van der Waals surface area contributed by atoms with Crippen molar-refractivity contribution in [3.05, 3.63) is 64.8 Å². The fourth-order valence-electron chi connectivity index (χ4n) is 3.28. The van der Waals surface area contributed by atoms with Gasteiger partial charge < -0.3 is 11.1 Å². The average molecular weight is 392 g/mol. The maximum absolute atomic E-state index is 5.99. The second-order valence-electron chi connectivity index (χ2n) is 6.27. The lowest BCUT2D eigenvalue weighted by atomic mass is 10.0. The number of nitrogens with two attached hydrogens (primary N) is 1. The minimum Gasteiger partial charge on any atom is -0.368 e. The van der Waals surface area contributed by atoms with Crippen molar-refractivity contribution in [2.45, 2.75) is 6.54 Å². The number of rotatable bonds is 3. The average Bonchev–Trinajstić information content (AvgIpc) is 3.26. The molecule has 4 aromatic rings. The highest BCUT2D eigenvalue weighted by molar-refractivity contribution is 7.22. The number of thiophene rings is 1. The normalized spacial score (nSPS) is 12.5. The molecular weight excluding hydrogens is 378 g/mol. The van der Waals surface area contributed by atoms with Crippen LogP contribution in [0.1, 0.15) is 11.1 Å². The van der Waals surface area contributed by atoms with Crippen LogP contribution in [0.25, 0.3) is 20.5 Å². The van der Waals surface area contributed by atoms with E-state index < -0.39 is 0 Å². The molecule has 0 spiro atoms. The zero-order valence-electron chi connectivity index (χ0n) is 14.1. The summed E-state index contributed by atoms with van der Waals surface area (Å²) in [4.78, 5) is 13.8. The van der Waals surface area contributed by atoms with Crippen LogP contribution in [-0.4, -0.2) is 16.2 Å². The molecular formula is C20H14ClN5S. The molecule has 5 rings (SSSR count). The molecule has 1 aliphatic heterocycles. The molecule has 3 N–H and O–H groups in total. The van der Waals surface area contributed by atoms with Gasteiger partial charge in [-0.15, -0.1) is 11.3 Å². The molecule has 5 nitrogen and oxygen atoms in total. The zero-order chi connectivity index (χ0) is 18.4. The third-order valence-corrected chi connectivity index (χ3v) is 5.78. The van der Waals surface area contributed by atoms with Crippen molar-refractivity contribution < 1.29 is 0 Å². The van der Waals surface area contributed by atoms with E-state index in [1.807, 2.05) is 6.21 Å². The minimum absolute atomic E-state index is 0.137. The highest BCUT2D eigenvalue weighted by Crippen LogP contribution is 2.39. The van der Waals surface area contributed by atoms with Gasteiger partial charge in [0, 0.05) is 33.1 Å². The molecule has 0 amide bonds. The Morgan fingerprint density at radius 2 is 1.96 bits per heavy atom. The monoisotopic (exact) mass is 391 g/mol. The summed E-state index contributed by atoms with van der Waals surface area (Å²) >= 11 is 7.78. The molecule has 2 aromatic heterocycles. The quantitative estimate of drug-likeness (QED) is 0.466. The van der Waals surface area contributed by atoms with Gasteiger partial charge in [0.05, 0.1) is 6.54 Å². The summed E-state index contributed by atoms with van der Waals surface area (Å²) in [6, 6.07) is 16.5. The first-order valence-electron chi connectivity index (χ1n) is 8.38. The molecule has 7 heteroatoms. The van der Waals surface area contributed by atoms with Gasteiger partial charge in [-0.1, -0.05) is 29.8 Å². The Morgan fingerprint density at radius 1 is 1.07 bits per heavy atom. The van der Waals surface area contributed by atoms with E-state index in [0.29, 0.717) is 17.5 Å². The number of anilines is 3. The molecule has 0 saturated heterocycles. The molecule has 2 aromatic carbocycles. The van der Waals surface area contributed by atoms with E-state index in [2.05, 4.69) is 62.7 Å². The molecule has 0 radical (unpaired) electrons. The van der Waals surface area contributed by atoms with E-state index in [1.54, 1.807) is 17.4 Å². The van der Waals surface area contributed by atoms with Crippen LogP contribution in [0.3, 0.4) is 0 Å². The minimum atomic E-state index is 0.137. The Kier molecular flexibility index (Phi) is 3.81. The molecule has 0 aliphatic carbocycles. The maximum atomic E-state index is 5.99. The topological polar surface area (TPSA) is 76.2 Å². The number of halogens is 1. The van der Waals surface area contributed by atoms with Gasteiger partial charge in [-0.05, 0) is 40.8 Å². The first-order chi connectivity index (χ1) is 13.2. The van der Waals surface area contributed by atoms with Crippen molar-refractivity contribution in [2.75, 3.05) is 11.1 Å². The lowest BCUT2D eigenvalue weighted by molar-refractivity contribution is 1.11. The van der Waals surface area contributed by atoms with Crippen LogP contribution in [0.4, 0.5) is 17.5 Å². The number of fused-ring (bicyclic) bond motifs is 2. The second kappa shape index (κ2) is 6.33. The standard InChI is InChI=1S/C20H14ClN5S/c21-18-8-19(26-20(22)25-18)24-13-5-12-9-23-10-15(12)14(7-13)17-6-11-3-1-2-4-16(11)27-17/h1-9H,10H2,(H3,22,24,25,26). The molecule has 27 heavy (non-hydrogen) atoms. The van der Waals surface area contributed by atoms with Crippen LogP contribution >= 0.6 is 22.9 Å². The molecule has 0 unspecified atom stereocenters. The molecule has 132 valence electrons. The van der Waals surface area contributed by atoms with Crippen LogP contribution in [0.2, 0.25) is 5.15 Å². The second-order valence-corrected chi connectivity index (χ2v) is 7.74. The molecule has 0 fully saturated rings. The van der Waals surface area contributed by atoms with E-state index in [9.17, 15) is 0 Å². The van der Waals surface area contributed by atoms with Crippen molar-refractivity contribution in [3.63, 3.8) is 0 Å². The van der Waals surface area contributed by atoms with Crippen LogP contribution in [0.15, 0.2) is 53.5 Å². The summed E-state index contributed by atoms with van der Waals surface area (Å²) in [5, 5.41) is 4.84. The van der Waals surface area contributed by atoms with Crippen molar-refractivity contribution in [1.82, 2.24) is 9.97 Å².